The van der Waals surface area contributed by atoms with Gasteiger partial charge in [-0.05, 0) is 31.2 Å². The summed E-state index contributed by atoms with van der Waals surface area (Å²) in [6, 6.07) is 4.72. The predicted octanol–water partition coefficient (Wildman–Crippen LogP) is 6.00. The SMILES string of the molecule is C=C(F)/C=C/C.CC.CC(=O)NCC1CN(c2ccc(N3CCOCC3)c(F)c2)C(=O)O1.CCCC. The van der Waals surface area contributed by atoms with E-state index in [0.29, 0.717) is 37.7 Å². The second-order valence-corrected chi connectivity index (χ2v) is 7.74. The molecule has 204 valence electrons. The summed E-state index contributed by atoms with van der Waals surface area (Å²) in [6.07, 6.45) is 4.56. The lowest BCUT2D eigenvalue weighted by Gasteiger charge is -2.29. The average Bonchev–Trinajstić information content (AvgIpc) is 3.25. The van der Waals surface area contributed by atoms with Crippen LogP contribution in [0.15, 0.2) is 42.8 Å². The molecule has 0 bridgehead atoms. The van der Waals surface area contributed by atoms with Crippen molar-refractivity contribution in [1.29, 1.82) is 0 Å². The predicted molar refractivity (Wildman–Crippen MR) is 143 cm³/mol. The maximum atomic E-state index is 14.4. The van der Waals surface area contributed by atoms with Crippen LogP contribution in [0.5, 0.6) is 0 Å². The molecule has 2 aliphatic heterocycles. The zero-order chi connectivity index (χ0) is 27.5. The molecule has 0 spiro atoms. The van der Waals surface area contributed by atoms with Crippen molar-refractivity contribution in [2.45, 2.75) is 60.5 Å². The van der Waals surface area contributed by atoms with E-state index >= 15 is 0 Å². The van der Waals surface area contributed by atoms with Gasteiger partial charge in [0.1, 0.15) is 17.7 Å². The normalized spacial score (nSPS) is 16.6. The average molecular weight is 512 g/mol. The molecular weight excluding hydrogens is 468 g/mol. The van der Waals surface area contributed by atoms with E-state index in [1.54, 1.807) is 25.1 Å². The standard InChI is InChI=1S/C16H20FN3O4.C5H7F.C4H10.C2H6/c1-11(21)18-9-13-10-20(16(22)24-13)12-2-3-15(14(17)8-12)19-4-6-23-7-5-19;1-3-4-5(2)6;1-3-4-2;1-2/h2-3,8,13H,4-7,9-10H2,1H3,(H,18,21);3-4H,2H2,1H3;3-4H2,1-2H3;1-2H3/b;4-3+;;. The van der Waals surface area contributed by atoms with Crippen LogP contribution in [-0.2, 0) is 14.3 Å². The zero-order valence-corrected chi connectivity index (χ0v) is 22.6. The molecule has 2 fully saturated rings. The fraction of sp³-hybridized carbons (Fsp3) is 0.556. The number of hydrogen-bond acceptors (Lipinski definition) is 5. The molecular formula is C27H43F2N3O4. The van der Waals surface area contributed by atoms with Crippen molar-refractivity contribution in [2.75, 3.05) is 49.2 Å². The van der Waals surface area contributed by atoms with Crippen LogP contribution in [0.2, 0.25) is 0 Å². The van der Waals surface area contributed by atoms with Crippen LogP contribution in [-0.4, -0.2) is 57.5 Å². The van der Waals surface area contributed by atoms with E-state index in [9.17, 15) is 18.4 Å². The highest BCUT2D eigenvalue weighted by atomic mass is 19.1. The molecule has 2 heterocycles. The van der Waals surface area contributed by atoms with Gasteiger partial charge in [0.25, 0.3) is 0 Å². The van der Waals surface area contributed by atoms with E-state index in [-0.39, 0.29) is 24.8 Å². The Bertz CT molecular complexity index is 825. The molecule has 9 heteroatoms. The second kappa shape index (κ2) is 19.3. The van der Waals surface area contributed by atoms with Gasteiger partial charge >= 0.3 is 6.09 Å². The van der Waals surface area contributed by atoms with Gasteiger partial charge in [0.15, 0.2) is 0 Å². The number of benzene rings is 1. The Morgan fingerprint density at radius 1 is 1.22 bits per heavy atom. The number of allylic oxidation sites excluding steroid dienone is 3. The molecule has 36 heavy (non-hydrogen) atoms. The van der Waals surface area contributed by atoms with Gasteiger partial charge < -0.3 is 19.7 Å². The first-order chi connectivity index (χ1) is 17.2. The maximum absolute atomic E-state index is 14.4. The van der Waals surface area contributed by atoms with E-state index < -0.39 is 18.0 Å². The van der Waals surface area contributed by atoms with Gasteiger partial charge in [-0.1, -0.05) is 53.2 Å². The number of halogens is 2. The van der Waals surface area contributed by atoms with Crippen molar-refractivity contribution in [3.63, 3.8) is 0 Å². The summed E-state index contributed by atoms with van der Waals surface area (Å²) in [4.78, 5) is 26.2. The quantitative estimate of drug-likeness (QED) is 0.474. The number of anilines is 2. The number of nitrogens with one attached hydrogen (secondary N) is 1. The third kappa shape index (κ3) is 12.7. The molecule has 1 aromatic carbocycles. The third-order valence-electron chi connectivity index (χ3n) is 4.89. The van der Waals surface area contributed by atoms with E-state index in [4.69, 9.17) is 9.47 Å². The zero-order valence-electron chi connectivity index (χ0n) is 22.6. The highest BCUT2D eigenvalue weighted by molar-refractivity contribution is 5.90. The van der Waals surface area contributed by atoms with Gasteiger partial charge in [0.2, 0.25) is 5.91 Å². The fourth-order valence-corrected chi connectivity index (χ4v) is 3.00. The number of amides is 2. The minimum atomic E-state index is -0.538. The van der Waals surface area contributed by atoms with Crippen molar-refractivity contribution < 1.29 is 27.8 Å². The minimum absolute atomic E-state index is 0.189. The van der Waals surface area contributed by atoms with E-state index in [1.807, 2.05) is 18.7 Å². The Morgan fingerprint density at radius 3 is 2.28 bits per heavy atom. The smallest absolute Gasteiger partial charge is 0.414 e. The van der Waals surface area contributed by atoms with Gasteiger partial charge in [0, 0.05) is 20.0 Å². The highest BCUT2D eigenvalue weighted by Gasteiger charge is 2.33. The molecule has 1 unspecified atom stereocenters. The van der Waals surface area contributed by atoms with Gasteiger partial charge in [-0.2, -0.15) is 0 Å². The first-order valence-electron chi connectivity index (χ1n) is 12.5. The van der Waals surface area contributed by atoms with Gasteiger partial charge in [-0.3, -0.25) is 9.69 Å². The fourth-order valence-electron chi connectivity index (χ4n) is 3.00. The van der Waals surface area contributed by atoms with E-state index in [0.717, 1.165) is 0 Å². The van der Waals surface area contributed by atoms with Crippen LogP contribution in [0.25, 0.3) is 0 Å². The van der Waals surface area contributed by atoms with Gasteiger partial charge in [-0.25, -0.2) is 13.6 Å². The largest absolute Gasteiger partial charge is 0.442 e. The molecule has 0 aliphatic carbocycles. The summed E-state index contributed by atoms with van der Waals surface area (Å²) < 4.78 is 36.3. The maximum Gasteiger partial charge on any atom is 0.414 e. The van der Waals surface area contributed by atoms with Crippen LogP contribution in [0, 0.1) is 5.82 Å². The van der Waals surface area contributed by atoms with Crippen LogP contribution in [0.1, 0.15) is 54.4 Å². The van der Waals surface area contributed by atoms with Crippen molar-refractivity contribution in [3.05, 3.63) is 48.6 Å². The molecule has 0 aromatic heterocycles. The first kappa shape index (κ1) is 33.1. The topological polar surface area (TPSA) is 71.1 Å². The van der Waals surface area contributed by atoms with Crippen molar-refractivity contribution >= 4 is 23.4 Å². The number of carbonyl (C=O) groups excluding carboxylic acids is 2. The summed E-state index contributed by atoms with van der Waals surface area (Å²) >= 11 is 0. The lowest BCUT2D eigenvalue weighted by Crippen LogP contribution is -2.36. The van der Waals surface area contributed by atoms with Crippen molar-refractivity contribution in [3.8, 4) is 0 Å². The molecule has 0 radical (unpaired) electrons. The molecule has 3 rings (SSSR count). The lowest BCUT2D eigenvalue weighted by molar-refractivity contribution is -0.119. The summed E-state index contributed by atoms with van der Waals surface area (Å²) in [7, 11) is 0. The van der Waals surface area contributed by atoms with Crippen LogP contribution in [0.3, 0.4) is 0 Å². The monoisotopic (exact) mass is 511 g/mol. The van der Waals surface area contributed by atoms with Crippen molar-refractivity contribution in [1.82, 2.24) is 5.32 Å². The number of morpholine rings is 1. The van der Waals surface area contributed by atoms with Gasteiger partial charge in [0.05, 0.1) is 37.7 Å². The lowest BCUT2D eigenvalue weighted by atomic mass is 10.2. The number of cyclic esters (lactones) is 1. The Labute approximate surface area is 215 Å². The Hall–Kier alpha value is -2.94. The molecule has 1 atom stereocenters. The third-order valence-corrected chi connectivity index (χ3v) is 4.89. The molecule has 7 nitrogen and oxygen atoms in total. The summed E-state index contributed by atoms with van der Waals surface area (Å²) in [6.45, 7) is 17.4. The number of unbranched alkanes of at least 4 members (excludes halogenated alkanes) is 1. The molecule has 1 aromatic rings. The number of hydrogen-bond donors (Lipinski definition) is 1. The molecule has 0 saturated carbocycles. The minimum Gasteiger partial charge on any atom is -0.442 e. The highest BCUT2D eigenvalue weighted by Crippen LogP contribution is 2.28. The van der Waals surface area contributed by atoms with Gasteiger partial charge in [-0.15, -0.1) is 0 Å². The van der Waals surface area contributed by atoms with Crippen LogP contribution >= 0.6 is 0 Å². The molecule has 2 saturated heterocycles. The summed E-state index contributed by atoms with van der Waals surface area (Å²) in [5, 5.41) is 2.61. The Morgan fingerprint density at radius 2 is 1.83 bits per heavy atom. The molecule has 1 N–H and O–H groups in total. The number of nitrogens with zero attached hydrogens (tertiary/aromatic N) is 2. The Kier molecular flexibility index (Phi) is 17.7. The second-order valence-electron chi connectivity index (χ2n) is 7.74. The number of ether oxygens (including phenoxy) is 2. The molecule has 2 aliphatic rings. The van der Waals surface area contributed by atoms with Crippen LogP contribution < -0.4 is 15.1 Å². The summed E-state index contributed by atoms with van der Waals surface area (Å²) in [5.74, 6) is -0.963. The summed E-state index contributed by atoms with van der Waals surface area (Å²) in [5.41, 5.74) is 0.948. The number of carbonyl (C=O) groups is 2. The molecule has 2 amide bonds. The van der Waals surface area contributed by atoms with Crippen LogP contribution in [0.4, 0.5) is 25.0 Å². The first-order valence-corrected chi connectivity index (χ1v) is 12.5. The van der Waals surface area contributed by atoms with Crippen molar-refractivity contribution in [2.24, 2.45) is 0 Å². The van der Waals surface area contributed by atoms with E-state index in [1.165, 1.54) is 36.8 Å². The van der Waals surface area contributed by atoms with E-state index in [2.05, 4.69) is 25.7 Å². The number of rotatable bonds is 6. The Balaban J connectivity index is 0.000000860.